The number of rotatable bonds is 2. The highest BCUT2D eigenvalue weighted by atomic mass is 16.5. The lowest BCUT2D eigenvalue weighted by atomic mass is 10.1. The smallest absolute Gasteiger partial charge is 0.272 e. The van der Waals surface area contributed by atoms with Gasteiger partial charge in [-0.15, -0.1) is 0 Å². The van der Waals surface area contributed by atoms with E-state index in [9.17, 15) is 4.79 Å². The predicted octanol–water partition coefficient (Wildman–Crippen LogP) is 0.612. The molecule has 1 amide bonds. The summed E-state index contributed by atoms with van der Waals surface area (Å²) >= 11 is 0. The zero-order chi connectivity index (χ0) is 13.1. The average molecular weight is 250 g/mol. The van der Waals surface area contributed by atoms with Gasteiger partial charge in [0.05, 0.1) is 25.4 Å². The molecule has 0 saturated carbocycles. The predicted molar refractivity (Wildman–Crippen MR) is 66.3 cm³/mol. The fourth-order valence-corrected chi connectivity index (χ4v) is 2.02. The van der Waals surface area contributed by atoms with E-state index in [-0.39, 0.29) is 24.7 Å². The molecule has 5 heteroatoms. The van der Waals surface area contributed by atoms with Crippen molar-refractivity contribution in [2.45, 2.75) is 26.0 Å². The summed E-state index contributed by atoms with van der Waals surface area (Å²) in [6, 6.07) is 5.40. The number of carbonyl (C=O) groups is 1. The Balaban J connectivity index is 2.16. The Bertz CT molecular complexity index is 436. The Kier molecular flexibility index (Phi) is 3.93. The van der Waals surface area contributed by atoms with Crippen LogP contribution in [-0.2, 0) is 4.74 Å². The monoisotopic (exact) mass is 250 g/mol. The highest BCUT2D eigenvalue weighted by Crippen LogP contribution is 2.14. The van der Waals surface area contributed by atoms with Gasteiger partial charge >= 0.3 is 0 Å². The largest absolute Gasteiger partial charge is 0.394 e. The van der Waals surface area contributed by atoms with E-state index in [4.69, 9.17) is 9.84 Å². The highest BCUT2D eigenvalue weighted by Gasteiger charge is 2.30. The first kappa shape index (κ1) is 13.0. The second-order valence-electron chi connectivity index (χ2n) is 4.61. The van der Waals surface area contributed by atoms with Gasteiger partial charge in [0, 0.05) is 12.2 Å². The standard InChI is InChI=1S/C13H18N2O3/c1-9-4-3-5-12(14-9)13(17)15-6-11(7-16)18-8-10(15)2/h3-5,10-11,16H,6-8H2,1-2H3. The molecular formula is C13H18N2O3. The van der Waals surface area contributed by atoms with Crippen LogP contribution >= 0.6 is 0 Å². The number of morpholine rings is 1. The van der Waals surface area contributed by atoms with Crippen LogP contribution in [0.15, 0.2) is 18.2 Å². The molecule has 1 fully saturated rings. The number of amides is 1. The first-order valence-corrected chi connectivity index (χ1v) is 6.09. The van der Waals surface area contributed by atoms with Gasteiger partial charge in [0.1, 0.15) is 5.69 Å². The third-order valence-electron chi connectivity index (χ3n) is 3.08. The van der Waals surface area contributed by atoms with Crippen LogP contribution in [-0.4, -0.2) is 52.8 Å². The molecule has 0 aromatic carbocycles. The minimum atomic E-state index is -0.296. The van der Waals surface area contributed by atoms with E-state index < -0.39 is 0 Å². The molecule has 1 aliphatic heterocycles. The number of aliphatic hydroxyl groups is 1. The van der Waals surface area contributed by atoms with Gasteiger partial charge in [0.15, 0.2) is 0 Å². The van der Waals surface area contributed by atoms with E-state index in [2.05, 4.69) is 4.98 Å². The average Bonchev–Trinajstić information content (AvgIpc) is 2.38. The summed E-state index contributed by atoms with van der Waals surface area (Å²) in [4.78, 5) is 18.3. The summed E-state index contributed by atoms with van der Waals surface area (Å²) in [6.07, 6.45) is -0.296. The lowest BCUT2D eigenvalue weighted by molar-refractivity contribution is -0.0668. The summed E-state index contributed by atoms with van der Waals surface area (Å²) in [5.41, 5.74) is 1.26. The third-order valence-corrected chi connectivity index (χ3v) is 3.08. The van der Waals surface area contributed by atoms with Crippen LogP contribution in [0.5, 0.6) is 0 Å². The first-order valence-electron chi connectivity index (χ1n) is 6.09. The maximum absolute atomic E-state index is 12.4. The molecule has 0 spiro atoms. The number of aryl methyl sites for hydroxylation is 1. The van der Waals surface area contributed by atoms with Crippen molar-refractivity contribution in [1.29, 1.82) is 0 Å². The van der Waals surface area contributed by atoms with E-state index >= 15 is 0 Å². The fourth-order valence-electron chi connectivity index (χ4n) is 2.02. The second kappa shape index (κ2) is 5.46. The summed E-state index contributed by atoms with van der Waals surface area (Å²) in [5, 5.41) is 9.11. The number of pyridine rings is 1. The topological polar surface area (TPSA) is 62.7 Å². The minimum absolute atomic E-state index is 0.00242. The maximum atomic E-state index is 12.4. The molecule has 1 aromatic heterocycles. The lowest BCUT2D eigenvalue weighted by Gasteiger charge is -2.37. The van der Waals surface area contributed by atoms with Crippen molar-refractivity contribution in [1.82, 2.24) is 9.88 Å². The van der Waals surface area contributed by atoms with Gasteiger partial charge in [-0.1, -0.05) is 6.07 Å². The Labute approximate surface area is 106 Å². The van der Waals surface area contributed by atoms with Crippen molar-refractivity contribution >= 4 is 5.91 Å². The van der Waals surface area contributed by atoms with Crippen LogP contribution in [0.1, 0.15) is 23.1 Å². The van der Waals surface area contributed by atoms with Crippen LogP contribution in [0.3, 0.4) is 0 Å². The molecule has 2 atom stereocenters. The van der Waals surface area contributed by atoms with E-state index in [0.29, 0.717) is 18.8 Å². The van der Waals surface area contributed by atoms with Crippen molar-refractivity contribution in [2.75, 3.05) is 19.8 Å². The van der Waals surface area contributed by atoms with Crippen molar-refractivity contribution < 1.29 is 14.6 Å². The molecule has 2 heterocycles. The number of nitrogens with zero attached hydrogens (tertiary/aromatic N) is 2. The van der Waals surface area contributed by atoms with Crippen LogP contribution in [0.2, 0.25) is 0 Å². The van der Waals surface area contributed by atoms with Gasteiger partial charge in [-0.3, -0.25) is 4.79 Å². The molecule has 0 radical (unpaired) electrons. The van der Waals surface area contributed by atoms with E-state index in [1.54, 1.807) is 11.0 Å². The summed E-state index contributed by atoms with van der Waals surface area (Å²) < 4.78 is 5.42. The van der Waals surface area contributed by atoms with Crippen molar-refractivity contribution in [3.05, 3.63) is 29.6 Å². The zero-order valence-corrected chi connectivity index (χ0v) is 10.7. The van der Waals surface area contributed by atoms with E-state index in [1.807, 2.05) is 26.0 Å². The molecule has 2 unspecified atom stereocenters. The molecule has 0 aliphatic carbocycles. The summed E-state index contributed by atoms with van der Waals surface area (Å²) in [6.45, 7) is 4.57. The van der Waals surface area contributed by atoms with Crippen molar-refractivity contribution in [2.24, 2.45) is 0 Å². The Morgan fingerprint density at radius 1 is 1.61 bits per heavy atom. The molecule has 5 nitrogen and oxygen atoms in total. The van der Waals surface area contributed by atoms with Crippen LogP contribution < -0.4 is 0 Å². The van der Waals surface area contributed by atoms with Gasteiger partial charge < -0.3 is 14.7 Å². The minimum Gasteiger partial charge on any atom is -0.394 e. The number of aromatic nitrogens is 1. The molecule has 1 aromatic rings. The third kappa shape index (κ3) is 2.68. The summed E-state index contributed by atoms with van der Waals surface area (Å²) in [5.74, 6) is -0.104. The molecule has 2 rings (SSSR count). The number of aliphatic hydroxyl groups excluding tert-OH is 1. The van der Waals surface area contributed by atoms with Crippen LogP contribution in [0, 0.1) is 6.92 Å². The number of ether oxygens (including phenoxy) is 1. The van der Waals surface area contributed by atoms with Gasteiger partial charge in [-0.2, -0.15) is 0 Å². The second-order valence-corrected chi connectivity index (χ2v) is 4.61. The molecule has 1 N–H and O–H groups in total. The fraction of sp³-hybridized carbons (Fsp3) is 0.538. The van der Waals surface area contributed by atoms with Crippen LogP contribution in [0.25, 0.3) is 0 Å². The van der Waals surface area contributed by atoms with Gasteiger partial charge in [0.2, 0.25) is 0 Å². The normalized spacial score (nSPS) is 24.1. The molecule has 18 heavy (non-hydrogen) atoms. The lowest BCUT2D eigenvalue weighted by Crippen LogP contribution is -2.52. The zero-order valence-electron chi connectivity index (χ0n) is 10.7. The Morgan fingerprint density at radius 3 is 3.06 bits per heavy atom. The number of carbonyl (C=O) groups excluding carboxylic acids is 1. The molecule has 1 saturated heterocycles. The molecule has 98 valence electrons. The maximum Gasteiger partial charge on any atom is 0.272 e. The highest BCUT2D eigenvalue weighted by molar-refractivity contribution is 5.92. The van der Waals surface area contributed by atoms with Gasteiger partial charge in [0.25, 0.3) is 5.91 Å². The molecular weight excluding hydrogens is 232 g/mol. The Hall–Kier alpha value is -1.46. The Morgan fingerprint density at radius 2 is 2.39 bits per heavy atom. The van der Waals surface area contributed by atoms with Crippen molar-refractivity contribution in [3.8, 4) is 0 Å². The van der Waals surface area contributed by atoms with Crippen molar-refractivity contribution in [3.63, 3.8) is 0 Å². The van der Waals surface area contributed by atoms with Crippen LogP contribution in [0.4, 0.5) is 0 Å². The van der Waals surface area contributed by atoms with E-state index in [0.717, 1.165) is 5.69 Å². The number of hydrogen-bond acceptors (Lipinski definition) is 4. The molecule has 1 aliphatic rings. The SMILES string of the molecule is Cc1cccc(C(=O)N2CC(CO)OCC2C)n1. The van der Waals surface area contributed by atoms with Gasteiger partial charge in [-0.25, -0.2) is 4.98 Å². The van der Waals surface area contributed by atoms with E-state index in [1.165, 1.54) is 0 Å². The summed E-state index contributed by atoms with van der Waals surface area (Å²) in [7, 11) is 0. The van der Waals surface area contributed by atoms with Gasteiger partial charge in [-0.05, 0) is 26.0 Å². The first-order chi connectivity index (χ1) is 8.61. The quantitative estimate of drug-likeness (QED) is 0.835. The molecule has 0 bridgehead atoms. The number of hydrogen-bond donors (Lipinski definition) is 1.